The molecule has 0 unspecified atom stereocenters. The second kappa shape index (κ2) is 5.85. The highest BCUT2D eigenvalue weighted by Gasteiger charge is 2.17. The van der Waals surface area contributed by atoms with Crippen LogP contribution in [0.5, 0.6) is 0 Å². The Labute approximate surface area is 120 Å². The third kappa shape index (κ3) is 3.74. The summed E-state index contributed by atoms with van der Waals surface area (Å²) in [5.41, 5.74) is 6.84. The van der Waals surface area contributed by atoms with Gasteiger partial charge in [-0.15, -0.1) is 0 Å². The quantitative estimate of drug-likeness (QED) is 0.482. The lowest BCUT2D eigenvalue weighted by Gasteiger charge is -2.06. The standard InChI is InChI=1S/C12H12N4O4S/c13-10-3-1-2-9(6-10)7-15-21(19,20)11-4-5-12(14-8-11)16(17)18/h1-6,8,15H,7,13H2. The predicted molar refractivity (Wildman–Crippen MR) is 75.8 cm³/mol. The lowest BCUT2D eigenvalue weighted by atomic mass is 10.2. The molecular weight excluding hydrogens is 296 g/mol. The maximum Gasteiger partial charge on any atom is 0.363 e. The molecule has 0 atom stereocenters. The average Bonchev–Trinajstić information content (AvgIpc) is 2.45. The van der Waals surface area contributed by atoms with Gasteiger partial charge in [0, 0.05) is 18.3 Å². The molecule has 21 heavy (non-hydrogen) atoms. The summed E-state index contributed by atoms with van der Waals surface area (Å²) in [5, 5.41) is 10.5. The smallest absolute Gasteiger partial charge is 0.363 e. The van der Waals surface area contributed by atoms with Gasteiger partial charge >= 0.3 is 5.82 Å². The lowest BCUT2D eigenvalue weighted by Crippen LogP contribution is -2.23. The molecule has 1 heterocycles. The molecule has 0 bridgehead atoms. The summed E-state index contributed by atoms with van der Waals surface area (Å²) in [4.78, 5) is 13.1. The zero-order valence-electron chi connectivity index (χ0n) is 10.8. The van der Waals surface area contributed by atoms with Crippen molar-refractivity contribution in [3.05, 3.63) is 58.3 Å². The number of pyridine rings is 1. The number of sulfonamides is 1. The predicted octanol–water partition coefficient (Wildman–Crippen LogP) is 1.05. The van der Waals surface area contributed by atoms with E-state index in [9.17, 15) is 18.5 Å². The number of aromatic nitrogens is 1. The van der Waals surface area contributed by atoms with Gasteiger partial charge in [0.1, 0.15) is 4.90 Å². The molecule has 0 aliphatic rings. The van der Waals surface area contributed by atoms with Gasteiger partial charge in [0.05, 0.1) is 0 Å². The summed E-state index contributed by atoms with van der Waals surface area (Å²) >= 11 is 0. The van der Waals surface area contributed by atoms with E-state index in [1.165, 1.54) is 0 Å². The molecule has 0 aliphatic carbocycles. The number of rotatable bonds is 5. The number of nitrogen functional groups attached to an aromatic ring is 1. The fourth-order valence-electron chi connectivity index (χ4n) is 1.60. The monoisotopic (exact) mass is 308 g/mol. The molecule has 0 radical (unpaired) electrons. The molecule has 3 N–H and O–H groups in total. The highest BCUT2D eigenvalue weighted by molar-refractivity contribution is 7.89. The first-order chi connectivity index (χ1) is 9.88. The summed E-state index contributed by atoms with van der Waals surface area (Å²) in [5.74, 6) is -0.412. The van der Waals surface area contributed by atoms with E-state index in [1.54, 1.807) is 24.3 Å². The van der Waals surface area contributed by atoms with Crippen LogP contribution in [0, 0.1) is 10.1 Å². The first kappa shape index (κ1) is 14.9. The molecule has 1 aromatic carbocycles. The number of nitrogens with zero attached hydrogens (tertiary/aromatic N) is 2. The molecular formula is C12H12N4O4S. The van der Waals surface area contributed by atoms with Crippen molar-refractivity contribution >= 4 is 21.5 Å². The van der Waals surface area contributed by atoms with Crippen LogP contribution in [0.3, 0.4) is 0 Å². The zero-order valence-corrected chi connectivity index (χ0v) is 11.6. The van der Waals surface area contributed by atoms with Crippen LogP contribution in [0.1, 0.15) is 5.56 Å². The van der Waals surface area contributed by atoms with Crippen LogP contribution in [-0.2, 0) is 16.6 Å². The molecule has 0 saturated carbocycles. The van der Waals surface area contributed by atoms with Crippen LogP contribution < -0.4 is 10.5 Å². The third-order valence-corrected chi connectivity index (χ3v) is 4.02. The maximum absolute atomic E-state index is 12.0. The largest absolute Gasteiger partial charge is 0.399 e. The Bertz CT molecular complexity index is 759. The molecule has 2 rings (SSSR count). The van der Waals surface area contributed by atoms with Crippen molar-refractivity contribution in [2.45, 2.75) is 11.4 Å². The van der Waals surface area contributed by atoms with E-state index in [4.69, 9.17) is 5.73 Å². The molecule has 0 fully saturated rings. The van der Waals surface area contributed by atoms with Crippen LogP contribution in [0.15, 0.2) is 47.5 Å². The summed E-state index contributed by atoms with van der Waals surface area (Å²) in [7, 11) is -3.79. The summed E-state index contributed by atoms with van der Waals surface area (Å²) in [6, 6.07) is 8.95. The fourth-order valence-corrected chi connectivity index (χ4v) is 2.57. The number of nitrogens with one attached hydrogen (secondary N) is 1. The number of anilines is 1. The van der Waals surface area contributed by atoms with Gasteiger partial charge in [-0.1, -0.05) is 12.1 Å². The van der Waals surface area contributed by atoms with Gasteiger partial charge in [-0.05, 0) is 33.7 Å². The SMILES string of the molecule is Nc1cccc(CNS(=O)(=O)c2ccc([N+](=O)[O-])nc2)c1. The Morgan fingerprint density at radius 2 is 2.05 bits per heavy atom. The second-order valence-electron chi connectivity index (χ2n) is 4.18. The van der Waals surface area contributed by atoms with Gasteiger partial charge in [-0.3, -0.25) is 0 Å². The molecule has 0 spiro atoms. The number of nitro groups is 1. The molecule has 1 aromatic heterocycles. The highest BCUT2D eigenvalue weighted by Crippen LogP contribution is 2.13. The number of nitrogens with two attached hydrogens (primary N) is 1. The third-order valence-electron chi connectivity index (χ3n) is 2.64. The van der Waals surface area contributed by atoms with Crippen molar-refractivity contribution in [2.75, 3.05) is 5.73 Å². The van der Waals surface area contributed by atoms with Crippen molar-refractivity contribution in [2.24, 2.45) is 0 Å². The topological polar surface area (TPSA) is 128 Å². The van der Waals surface area contributed by atoms with E-state index in [1.807, 2.05) is 0 Å². The first-order valence-corrected chi connectivity index (χ1v) is 7.31. The number of benzene rings is 1. The fraction of sp³-hybridized carbons (Fsp3) is 0.0833. The van der Waals surface area contributed by atoms with Gasteiger partial charge < -0.3 is 15.8 Å². The lowest BCUT2D eigenvalue weighted by molar-refractivity contribution is -0.389. The van der Waals surface area contributed by atoms with Gasteiger partial charge in [-0.2, -0.15) is 0 Å². The molecule has 9 heteroatoms. The van der Waals surface area contributed by atoms with E-state index in [-0.39, 0.29) is 11.4 Å². The number of hydrogen-bond donors (Lipinski definition) is 2. The molecule has 0 aliphatic heterocycles. The minimum absolute atomic E-state index is 0.0599. The van der Waals surface area contributed by atoms with E-state index in [2.05, 4.69) is 9.71 Å². The minimum Gasteiger partial charge on any atom is -0.399 e. The van der Waals surface area contributed by atoms with Crippen LogP contribution in [0.25, 0.3) is 0 Å². The van der Waals surface area contributed by atoms with Crippen molar-refractivity contribution < 1.29 is 13.3 Å². The van der Waals surface area contributed by atoms with E-state index in [0.29, 0.717) is 11.3 Å². The van der Waals surface area contributed by atoms with Crippen molar-refractivity contribution in [1.82, 2.24) is 9.71 Å². The van der Waals surface area contributed by atoms with Crippen LogP contribution in [0.4, 0.5) is 11.5 Å². The normalized spacial score (nSPS) is 11.2. The van der Waals surface area contributed by atoms with Gasteiger partial charge in [0.25, 0.3) is 0 Å². The number of hydrogen-bond acceptors (Lipinski definition) is 6. The highest BCUT2D eigenvalue weighted by atomic mass is 32.2. The van der Waals surface area contributed by atoms with Crippen LogP contribution in [0.2, 0.25) is 0 Å². The van der Waals surface area contributed by atoms with E-state index >= 15 is 0 Å². The van der Waals surface area contributed by atoms with Crippen molar-refractivity contribution in [3.63, 3.8) is 0 Å². The second-order valence-corrected chi connectivity index (χ2v) is 5.95. The maximum atomic E-state index is 12.0. The van der Waals surface area contributed by atoms with Gasteiger partial charge in [0.2, 0.25) is 10.0 Å². The summed E-state index contributed by atoms with van der Waals surface area (Å²) in [6.45, 7) is 0.0599. The summed E-state index contributed by atoms with van der Waals surface area (Å²) < 4.78 is 26.4. The van der Waals surface area contributed by atoms with Gasteiger partial charge in [0.15, 0.2) is 6.20 Å². The molecule has 110 valence electrons. The Balaban J connectivity index is 2.13. The van der Waals surface area contributed by atoms with Crippen molar-refractivity contribution in [1.29, 1.82) is 0 Å². The average molecular weight is 308 g/mol. The van der Waals surface area contributed by atoms with Crippen LogP contribution >= 0.6 is 0 Å². The summed E-state index contributed by atoms with van der Waals surface area (Å²) in [6.07, 6.45) is 0.944. The molecule has 0 amide bonds. The molecule has 8 nitrogen and oxygen atoms in total. The Morgan fingerprint density at radius 1 is 1.29 bits per heavy atom. The first-order valence-electron chi connectivity index (χ1n) is 5.83. The minimum atomic E-state index is -3.79. The Morgan fingerprint density at radius 3 is 2.62 bits per heavy atom. The molecule has 2 aromatic rings. The Hall–Kier alpha value is -2.52. The van der Waals surface area contributed by atoms with Gasteiger partial charge in [-0.25, -0.2) is 13.1 Å². The zero-order chi connectivity index (χ0) is 15.5. The van der Waals surface area contributed by atoms with Crippen LogP contribution in [-0.4, -0.2) is 18.3 Å². The van der Waals surface area contributed by atoms with Crippen molar-refractivity contribution in [3.8, 4) is 0 Å². The van der Waals surface area contributed by atoms with E-state index in [0.717, 1.165) is 18.3 Å². The van der Waals surface area contributed by atoms with E-state index < -0.39 is 20.8 Å². The Kier molecular flexibility index (Phi) is 4.15. The molecule has 0 saturated heterocycles.